The molecule has 2 aromatic heterocycles. The summed E-state index contributed by atoms with van der Waals surface area (Å²) in [5, 5.41) is 17.9. The molecule has 0 aliphatic carbocycles. The van der Waals surface area contributed by atoms with Crippen molar-refractivity contribution in [3.05, 3.63) is 44.8 Å². The standard InChI is InChI=1S/C22H28N4O2S/c1-4-5-7-18-17-14-28-22(2,3)12-15(17)16(13-23)20(26-18)24-9-10-25-21(27)19-8-6-11-29-19/h6,8,11H,4-5,7,9-10,12,14H2,1-3H3,(H,24,26)(H,25,27). The van der Waals surface area contributed by atoms with Crippen molar-refractivity contribution >= 4 is 23.1 Å². The first-order valence-electron chi connectivity index (χ1n) is 10.1. The molecule has 1 amide bonds. The van der Waals surface area contributed by atoms with Gasteiger partial charge in [0.25, 0.3) is 5.91 Å². The van der Waals surface area contributed by atoms with E-state index < -0.39 is 0 Å². The Bertz CT molecular complexity index is 901. The lowest BCUT2D eigenvalue weighted by atomic mass is 9.87. The zero-order chi connectivity index (χ0) is 20.9. The molecule has 0 bridgehead atoms. The molecule has 154 valence electrons. The Hall–Kier alpha value is -2.43. The van der Waals surface area contributed by atoms with Gasteiger partial charge < -0.3 is 15.4 Å². The molecule has 1 aliphatic rings. The highest BCUT2D eigenvalue weighted by atomic mass is 32.1. The number of ether oxygens (including phenoxy) is 1. The predicted octanol–water partition coefficient (Wildman–Crippen LogP) is 4.05. The van der Waals surface area contributed by atoms with Crippen LogP contribution in [0.1, 0.15) is 65.7 Å². The van der Waals surface area contributed by atoms with Crippen LogP contribution in [0.2, 0.25) is 0 Å². The minimum atomic E-state index is -0.298. The van der Waals surface area contributed by atoms with E-state index in [1.165, 1.54) is 11.3 Å². The van der Waals surface area contributed by atoms with E-state index in [1.54, 1.807) is 6.07 Å². The van der Waals surface area contributed by atoms with E-state index in [0.717, 1.165) is 36.1 Å². The number of nitrogens with zero attached hydrogens (tertiary/aromatic N) is 2. The van der Waals surface area contributed by atoms with Crippen LogP contribution in [-0.4, -0.2) is 29.6 Å². The Morgan fingerprint density at radius 3 is 2.90 bits per heavy atom. The number of fused-ring (bicyclic) bond motifs is 1. The number of anilines is 1. The summed E-state index contributed by atoms with van der Waals surface area (Å²) in [6, 6.07) is 6.01. The van der Waals surface area contributed by atoms with Gasteiger partial charge in [0, 0.05) is 30.8 Å². The van der Waals surface area contributed by atoms with Gasteiger partial charge in [-0.1, -0.05) is 19.4 Å². The molecule has 2 aromatic rings. The van der Waals surface area contributed by atoms with E-state index in [-0.39, 0.29) is 11.5 Å². The van der Waals surface area contributed by atoms with Gasteiger partial charge in [-0.3, -0.25) is 4.79 Å². The van der Waals surface area contributed by atoms with Crippen molar-refractivity contribution in [1.82, 2.24) is 10.3 Å². The number of aryl methyl sites for hydroxylation is 1. The van der Waals surface area contributed by atoms with Crippen molar-refractivity contribution < 1.29 is 9.53 Å². The Labute approximate surface area is 176 Å². The molecule has 0 spiro atoms. The first kappa shape index (κ1) is 21.3. The predicted molar refractivity (Wildman–Crippen MR) is 115 cm³/mol. The quantitative estimate of drug-likeness (QED) is 0.639. The van der Waals surface area contributed by atoms with Crippen LogP contribution in [0.4, 0.5) is 5.82 Å². The third-order valence-corrected chi connectivity index (χ3v) is 5.90. The normalized spacial score (nSPS) is 14.7. The number of amides is 1. The smallest absolute Gasteiger partial charge is 0.261 e. The zero-order valence-corrected chi connectivity index (χ0v) is 18.1. The van der Waals surface area contributed by atoms with Crippen LogP contribution in [0.3, 0.4) is 0 Å². The fourth-order valence-electron chi connectivity index (χ4n) is 3.49. The Balaban J connectivity index is 1.76. The minimum absolute atomic E-state index is 0.0803. The number of hydrogen-bond acceptors (Lipinski definition) is 6. The monoisotopic (exact) mass is 412 g/mol. The molecule has 2 N–H and O–H groups in total. The summed E-state index contributed by atoms with van der Waals surface area (Å²) in [4.78, 5) is 17.5. The second kappa shape index (κ2) is 9.38. The summed E-state index contributed by atoms with van der Waals surface area (Å²) in [6.07, 6.45) is 3.69. The summed E-state index contributed by atoms with van der Waals surface area (Å²) >= 11 is 1.42. The summed E-state index contributed by atoms with van der Waals surface area (Å²) in [7, 11) is 0. The van der Waals surface area contributed by atoms with Gasteiger partial charge in [-0.2, -0.15) is 5.26 Å². The summed E-state index contributed by atoms with van der Waals surface area (Å²) in [6.45, 7) is 7.72. The number of carbonyl (C=O) groups excluding carboxylic acids is 1. The average molecular weight is 413 g/mol. The molecule has 0 saturated carbocycles. The lowest BCUT2D eigenvalue weighted by Crippen LogP contribution is -2.34. The number of unbranched alkanes of at least 4 members (excludes halogenated alkanes) is 1. The van der Waals surface area contributed by atoms with E-state index in [4.69, 9.17) is 9.72 Å². The van der Waals surface area contributed by atoms with E-state index in [0.29, 0.717) is 42.4 Å². The topological polar surface area (TPSA) is 87.0 Å². The van der Waals surface area contributed by atoms with Crippen LogP contribution in [0, 0.1) is 11.3 Å². The number of aromatic nitrogens is 1. The van der Waals surface area contributed by atoms with Gasteiger partial charge in [-0.25, -0.2) is 4.98 Å². The van der Waals surface area contributed by atoms with Crippen LogP contribution < -0.4 is 10.6 Å². The van der Waals surface area contributed by atoms with Crippen LogP contribution in [-0.2, 0) is 24.2 Å². The number of nitriles is 1. The number of hydrogen-bond donors (Lipinski definition) is 2. The second-order valence-corrected chi connectivity index (χ2v) is 8.79. The molecule has 0 aromatic carbocycles. The van der Waals surface area contributed by atoms with Crippen molar-refractivity contribution in [3.63, 3.8) is 0 Å². The van der Waals surface area contributed by atoms with Gasteiger partial charge in [0.1, 0.15) is 11.9 Å². The molecule has 0 saturated heterocycles. The van der Waals surface area contributed by atoms with Crippen LogP contribution in [0.15, 0.2) is 17.5 Å². The zero-order valence-electron chi connectivity index (χ0n) is 17.3. The van der Waals surface area contributed by atoms with Crippen molar-refractivity contribution in [2.75, 3.05) is 18.4 Å². The molecule has 29 heavy (non-hydrogen) atoms. The molecule has 1 aliphatic heterocycles. The van der Waals surface area contributed by atoms with E-state index in [2.05, 4.69) is 37.5 Å². The highest BCUT2D eigenvalue weighted by molar-refractivity contribution is 7.12. The second-order valence-electron chi connectivity index (χ2n) is 7.84. The first-order chi connectivity index (χ1) is 13.9. The maximum atomic E-state index is 12.1. The average Bonchev–Trinajstić information content (AvgIpc) is 3.23. The maximum Gasteiger partial charge on any atom is 0.261 e. The van der Waals surface area contributed by atoms with E-state index in [1.807, 2.05) is 11.4 Å². The molecule has 3 rings (SSSR count). The van der Waals surface area contributed by atoms with Crippen molar-refractivity contribution in [1.29, 1.82) is 5.26 Å². The molecule has 7 heteroatoms. The fourth-order valence-corrected chi connectivity index (χ4v) is 4.13. The number of rotatable bonds is 8. The molecular weight excluding hydrogens is 384 g/mol. The lowest BCUT2D eigenvalue weighted by Gasteiger charge is -2.33. The van der Waals surface area contributed by atoms with Crippen LogP contribution in [0.5, 0.6) is 0 Å². The minimum Gasteiger partial charge on any atom is -0.370 e. The highest BCUT2D eigenvalue weighted by Gasteiger charge is 2.31. The molecule has 0 fully saturated rings. The SMILES string of the molecule is CCCCc1nc(NCCNC(=O)c2cccs2)c(C#N)c2c1COC(C)(C)C2. The summed E-state index contributed by atoms with van der Waals surface area (Å²) < 4.78 is 6.00. The molecular formula is C22H28N4O2S. The lowest BCUT2D eigenvalue weighted by molar-refractivity contribution is -0.0407. The van der Waals surface area contributed by atoms with Gasteiger partial charge in [-0.05, 0) is 43.7 Å². The van der Waals surface area contributed by atoms with E-state index >= 15 is 0 Å². The summed E-state index contributed by atoms with van der Waals surface area (Å²) in [5.41, 5.74) is 3.44. The van der Waals surface area contributed by atoms with E-state index in [9.17, 15) is 10.1 Å². The van der Waals surface area contributed by atoms with Crippen LogP contribution >= 0.6 is 11.3 Å². The third-order valence-electron chi connectivity index (χ3n) is 5.03. The molecule has 6 nitrogen and oxygen atoms in total. The molecule has 0 unspecified atom stereocenters. The van der Waals surface area contributed by atoms with Crippen LogP contribution in [0.25, 0.3) is 0 Å². The fraction of sp³-hybridized carbons (Fsp3) is 0.500. The van der Waals surface area contributed by atoms with Gasteiger partial charge in [0.2, 0.25) is 0 Å². The number of thiophene rings is 1. The van der Waals surface area contributed by atoms with Crippen molar-refractivity contribution in [3.8, 4) is 6.07 Å². The summed E-state index contributed by atoms with van der Waals surface area (Å²) in [5.74, 6) is 0.531. The number of nitrogens with one attached hydrogen (secondary N) is 2. The number of pyridine rings is 1. The van der Waals surface area contributed by atoms with Gasteiger partial charge >= 0.3 is 0 Å². The van der Waals surface area contributed by atoms with Gasteiger partial charge in [0.15, 0.2) is 0 Å². The Morgan fingerprint density at radius 1 is 1.38 bits per heavy atom. The first-order valence-corrected chi connectivity index (χ1v) is 11.0. The Kier molecular flexibility index (Phi) is 6.88. The van der Waals surface area contributed by atoms with Crippen molar-refractivity contribution in [2.45, 2.75) is 58.7 Å². The molecule has 3 heterocycles. The molecule has 0 atom stereocenters. The Morgan fingerprint density at radius 2 is 2.21 bits per heavy atom. The van der Waals surface area contributed by atoms with Crippen molar-refractivity contribution in [2.24, 2.45) is 0 Å². The van der Waals surface area contributed by atoms with Gasteiger partial charge in [-0.15, -0.1) is 11.3 Å². The van der Waals surface area contributed by atoms with Gasteiger partial charge in [0.05, 0.1) is 22.6 Å². The maximum absolute atomic E-state index is 12.1. The third kappa shape index (κ3) is 5.14. The highest BCUT2D eigenvalue weighted by Crippen LogP contribution is 2.34. The number of carbonyl (C=O) groups is 1. The molecule has 0 radical (unpaired) electrons. The largest absolute Gasteiger partial charge is 0.370 e.